The molecule has 6 N–H and O–H groups in total. The summed E-state index contributed by atoms with van der Waals surface area (Å²) in [5.41, 5.74) is 3.86. The number of aliphatic hydroxyl groups is 4. The van der Waals surface area contributed by atoms with E-state index in [0.29, 0.717) is 6.61 Å². The highest BCUT2D eigenvalue weighted by atomic mass is 32.1. The van der Waals surface area contributed by atoms with E-state index in [4.69, 9.17) is 35.9 Å². The topological polar surface area (TPSA) is 151 Å². The van der Waals surface area contributed by atoms with Crippen molar-refractivity contribution in [1.82, 2.24) is 10.6 Å². The van der Waals surface area contributed by atoms with Crippen LogP contribution < -0.4 is 10.6 Å². The van der Waals surface area contributed by atoms with Crippen molar-refractivity contribution >= 4 is 17.3 Å². The molecule has 1 aliphatic heterocycles. The van der Waals surface area contributed by atoms with Gasteiger partial charge < -0.3 is 54.7 Å². The average molecular weight is 731 g/mol. The third-order valence-electron chi connectivity index (χ3n) is 9.24. The lowest BCUT2D eigenvalue weighted by Crippen LogP contribution is -2.66. The Labute approximate surface area is 309 Å². The van der Waals surface area contributed by atoms with E-state index >= 15 is 0 Å². The van der Waals surface area contributed by atoms with Crippen LogP contribution in [0.15, 0.2) is 121 Å². The molecular formula is C40H46N2O9S. The lowest BCUT2D eigenvalue weighted by molar-refractivity contribution is -0.275. The summed E-state index contributed by atoms with van der Waals surface area (Å²) in [4.78, 5) is 0. The van der Waals surface area contributed by atoms with E-state index in [0.717, 1.165) is 22.3 Å². The van der Waals surface area contributed by atoms with Gasteiger partial charge in [-0.3, -0.25) is 0 Å². The van der Waals surface area contributed by atoms with Gasteiger partial charge in [-0.15, -0.1) is 0 Å². The van der Waals surface area contributed by atoms with Crippen LogP contribution in [0.2, 0.25) is 0 Å². The molecule has 2 aliphatic rings. The van der Waals surface area contributed by atoms with Crippen LogP contribution >= 0.6 is 12.2 Å². The van der Waals surface area contributed by atoms with Crippen molar-refractivity contribution in [2.45, 2.75) is 87.5 Å². The van der Waals surface area contributed by atoms with Crippen molar-refractivity contribution in [2.24, 2.45) is 0 Å². The third kappa shape index (κ3) is 10.00. The first-order valence-electron chi connectivity index (χ1n) is 17.4. The fraction of sp³-hybridized carbons (Fsp3) is 0.375. The molecule has 12 heteroatoms. The van der Waals surface area contributed by atoms with Gasteiger partial charge in [0.05, 0.1) is 39.1 Å². The van der Waals surface area contributed by atoms with E-state index in [9.17, 15) is 20.4 Å². The van der Waals surface area contributed by atoms with Crippen molar-refractivity contribution in [2.75, 3.05) is 6.61 Å². The molecule has 1 aliphatic carbocycles. The molecule has 6 rings (SSSR count). The van der Waals surface area contributed by atoms with Crippen LogP contribution in [0, 0.1) is 0 Å². The molecule has 52 heavy (non-hydrogen) atoms. The van der Waals surface area contributed by atoms with E-state index in [1.807, 2.05) is 121 Å². The summed E-state index contributed by atoms with van der Waals surface area (Å²) in [5.74, 6) is 0. The highest BCUT2D eigenvalue weighted by molar-refractivity contribution is 7.80. The fourth-order valence-corrected chi connectivity index (χ4v) is 6.68. The molecule has 2 fully saturated rings. The van der Waals surface area contributed by atoms with Gasteiger partial charge in [-0.25, -0.2) is 0 Å². The van der Waals surface area contributed by atoms with Crippen molar-refractivity contribution in [3.05, 3.63) is 144 Å². The highest BCUT2D eigenvalue weighted by Crippen LogP contribution is 2.31. The summed E-state index contributed by atoms with van der Waals surface area (Å²) < 4.78 is 33.0. The van der Waals surface area contributed by atoms with Gasteiger partial charge in [0, 0.05) is 0 Å². The second kappa shape index (κ2) is 18.8. The number of thiocarbonyl (C=S) groups is 1. The van der Waals surface area contributed by atoms with Crippen molar-refractivity contribution in [1.29, 1.82) is 0 Å². The minimum atomic E-state index is -1.55. The monoisotopic (exact) mass is 730 g/mol. The fourth-order valence-electron chi connectivity index (χ4n) is 6.43. The lowest BCUT2D eigenvalue weighted by atomic mass is 9.97. The predicted octanol–water partition coefficient (Wildman–Crippen LogP) is 2.97. The first kappa shape index (κ1) is 38.0. The SMILES string of the molecule is O[C@@H]1[C@@H](O)[C@H](O)C(NC(=S)N[C@H]2O[C@H](COCc3ccccc3)[C@@H](OCc3ccccc3)[C@H](OCc3ccccc3)[C@H]2OCc2ccccc2)[C@H]1O. The van der Waals surface area contributed by atoms with Crippen LogP contribution in [-0.4, -0.2) is 93.2 Å². The van der Waals surface area contributed by atoms with E-state index in [1.54, 1.807) is 0 Å². The number of nitrogens with one attached hydrogen (secondary N) is 2. The molecule has 11 nitrogen and oxygen atoms in total. The molecule has 9 atom stereocenters. The molecule has 0 spiro atoms. The van der Waals surface area contributed by atoms with Crippen molar-refractivity contribution in [3.8, 4) is 0 Å². The molecule has 1 saturated heterocycles. The van der Waals surface area contributed by atoms with Gasteiger partial charge in [-0.2, -0.15) is 0 Å². The summed E-state index contributed by atoms with van der Waals surface area (Å²) >= 11 is 5.65. The van der Waals surface area contributed by atoms with E-state index < -0.39 is 61.1 Å². The van der Waals surface area contributed by atoms with Crippen LogP contribution in [0.4, 0.5) is 0 Å². The average Bonchev–Trinajstić information content (AvgIpc) is 3.35. The summed E-state index contributed by atoms with van der Waals surface area (Å²) in [7, 11) is 0. The third-order valence-corrected chi connectivity index (χ3v) is 9.48. The number of ether oxygens (including phenoxy) is 5. The normalized spacial score (nSPS) is 27.7. The summed E-state index contributed by atoms with van der Waals surface area (Å²) in [6.45, 7) is 1.24. The largest absolute Gasteiger partial charge is 0.388 e. The lowest BCUT2D eigenvalue weighted by Gasteiger charge is -2.46. The van der Waals surface area contributed by atoms with Gasteiger partial charge in [-0.1, -0.05) is 121 Å². The Balaban J connectivity index is 1.30. The molecule has 0 radical (unpaired) electrons. The Morgan fingerprint density at radius 2 is 0.923 bits per heavy atom. The Morgan fingerprint density at radius 1 is 0.519 bits per heavy atom. The molecule has 276 valence electrons. The molecule has 0 bridgehead atoms. The van der Waals surface area contributed by atoms with Gasteiger partial charge in [-0.05, 0) is 34.5 Å². The van der Waals surface area contributed by atoms with Crippen molar-refractivity contribution in [3.63, 3.8) is 0 Å². The molecular weight excluding hydrogens is 685 g/mol. The number of hydrogen-bond donors (Lipinski definition) is 6. The summed E-state index contributed by atoms with van der Waals surface area (Å²) in [6, 6.07) is 38.0. The minimum Gasteiger partial charge on any atom is -0.388 e. The van der Waals surface area contributed by atoms with E-state index in [2.05, 4.69) is 10.6 Å². The van der Waals surface area contributed by atoms with Gasteiger partial charge in [0.25, 0.3) is 0 Å². The van der Waals surface area contributed by atoms with Gasteiger partial charge >= 0.3 is 0 Å². The summed E-state index contributed by atoms with van der Waals surface area (Å²) in [5, 5.41) is 47.4. The molecule has 4 aromatic carbocycles. The van der Waals surface area contributed by atoms with Crippen LogP contribution in [-0.2, 0) is 50.1 Å². The van der Waals surface area contributed by atoms with Gasteiger partial charge in [0.1, 0.15) is 48.8 Å². The number of aliphatic hydroxyl groups excluding tert-OH is 4. The van der Waals surface area contributed by atoms with Crippen LogP contribution in [0.3, 0.4) is 0 Å². The maximum atomic E-state index is 10.5. The van der Waals surface area contributed by atoms with Gasteiger partial charge in [0.2, 0.25) is 0 Å². The first-order valence-corrected chi connectivity index (χ1v) is 17.8. The molecule has 1 heterocycles. The number of benzene rings is 4. The Morgan fingerprint density at radius 3 is 1.38 bits per heavy atom. The van der Waals surface area contributed by atoms with E-state index in [1.165, 1.54) is 0 Å². The zero-order valence-electron chi connectivity index (χ0n) is 28.6. The second-order valence-corrected chi connectivity index (χ2v) is 13.4. The molecule has 4 aromatic rings. The Kier molecular flexibility index (Phi) is 13.7. The Bertz CT molecular complexity index is 1630. The zero-order chi connectivity index (χ0) is 36.3. The maximum Gasteiger partial charge on any atom is 0.168 e. The number of hydrogen-bond acceptors (Lipinski definition) is 10. The molecule has 1 saturated carbocycles. The molecule has 0 unspecified atom stereocenters. The van der Waals surface area contributed by atoms with Crippen LogP contribution in [0.25, 0.3) is 0 Å². The van der Waals surface area contributed by atoms with E-state index in [-0.39, 0.29) is 31.5 Å². The smallest absolute Gasteiger partial charge is 0.168 e. The summed E-state index contributed by atoms with van der Waals surface area (Å²) in [6.07, 6.45) is -9.82. The Hall–Kier alpha value is -3.79. The second-order valence-electron chi connectivity index (χ2n) is 13.0. The maximum absolute atomic E-state index is 10.5. The zero-order valence-corrected chi connectivity index (χ0v) is 29.4. The number of rotatable bonds is 15. The molecule has 0 aromatic heterocycles. The first-order chi connectivity index (χ1) is 25.4. The van der Waals surface area contributed by atoms with Crippen LogP contribution in [0.5, 0.6) is 0 Å². The minimum absolute atomic E-state index is 0.00266. The van der Waals surface area contributed by atoms with Gasteiger partial charge in [0.15, 0.2) is 11.3 Å². The molecule has 0 amide bonds. The van der Waals surface area contributed by atoms with Crippen LogP contribution in [0.1, 0.15) is 22.3 Å². The van der Waals surface area contributed by atoms with Crippen molar-refractivity contribution < 1.29 is 44.1 Å². The standard InChI is InChI=1S/C40H46N2O9S/c43-32-31(33(44)35(46)34(32)45)41-40(52)42-39-38(50-24-29-19-11-4-12-20-29)37(49-23-28-17-9-3-10-18-28)36(48-22-27-15-7-2-8-16-27)30(51-39)25-47-21-26-13-5-1-6-14-26/h1-20,30-39,43-46H,21-25H2,(H2,41,42,52)/t30-,32-,33-,34+,35+,36-,37+,38-,39+/m1/s1. The quantitative estimate of drug-likeness (QED) is 0.0999. The highest BCUT2D eigenvalue weighted by Gasteiger charge is 2.51. The predicted molar refractivity (Wildman–Crippen MR) is 197 cm³/mol.